The van der Waals surface area contributed by atoms with Gasteiger partial charge in [-0.3, -0.25) is 0 Å². The Kier molecular flexibility index (Phi) is 5.94. The molecule has 0 saturated carbocycles. The first kappa shape index (κ1) is 14.3. The van der Waals surface area contributed by atoms with Gasteiger partial charge in [0.1, 0.15) is 12.4 Å². The van der Waals surface area contributed by atoms with Crippen LogP contribution in [0.15, 0.2) is 35.9 Å². The molecule has 98 valence electrons. The van der Waals surface area contributed by atoms with E-state index >= 15 is 0 Å². The van der Waals surface area contributed by atoms with Crippen molar-refractivity contribution >= 4 is 5.97 Å². The van der Waals surface area contributed by atoms with Gasteiger partial charge in [0.05, 0.1) is 6.61 Å². The van der Waals surface area contributed by atoms with Crippen LogP contribution in [0.25, 0.3) is 0 Å². The van der Waals surface area contributed by atoms with Crippen molar-refractivity contribution in [1.29, 1.82) is 0 Å². The zero-order chi connectivity index (χ0) is 13.4. The number of carboxylic acid groups (broad SMARTS) is 1. The molecule has 1 aromatic rings. The lowest BCUT2D eigenvalue weighted by atomic mass is 10.1. The topological polar surface area (TPSA) is 55.8 Å². The number of aliphatic carboxylic acids is 1. The fourth-order valence-corrected chi connectivity index (χ4v) is 1.42. The van der Waals surface area contributed by atoms with E-state index in [4.69, 9.17) is 14.6 Å². The van der Waals surface area contributed by atoms with Crippen LogP contribution in [-0.2, 0) is 16.0 Å². The molecule has 0 aliphatic heterocycles. The summed E-state index contributed by atoms with van der Waals surface area (Å²) in [6.45, 7) is 2.70. The number of benzene rings is 1. The van der Waals surface area contributed by atoms with Crippen LogP contribution in [0.5, 0.6) is 5.75 Å². The third-order valence-corrected chi connectivity index (χ3v) is 2.35. The molecular weight excluding hydrogens is 232 g/mol. The Hall–Kier alpha value is -1.81. The second kappa shape index (κ2) is 7.50. The maximum Gasteiger partial charge on any atom is 0.328 e. The Labute approximate surface area is 107 Å². The van der Waals surface area contributed by atoms with Crippen molar-refractivity contribution in [3.05, 3.63) is 41.5 Å². The molecule has 0 aliphatic rings. The third kappa shape index (κ3) is 5.50. The summed E-state index contributed by atoms with van der Waals surface area (Å²) >= 11 is 0. The van der Waals surface area contributed by atoms with Crippen molar-refractivity contribution in [3.63, 3.8) is 0 Å². The minimum Gasteiger partial charge on any atom is -0.489 e. The van der Waals surface area contributed by atoms with Gasteiger partial charge in [-0.25, -0.2) is 4.79 Å². The molecule has 0 atom stereocenters. The van der Waals surface area contributed by atoms with Crippen molar-refractivity contribution in [2.24, 2.45) is 0 Å². The summed E-state index contributed by atoms with van der Waals surface area (Å²) in [5.41, 5.74) is 1.85. The van der Waals surface area contributed by atoms with Gasteiger partial charge in [-0.1, -0.05) is 12.1 Å². The van der Waals surface area contributed by atoms with Crippen LogP contribution in [0.3, 0.4) is 0 Å². The molecule has 18 heavy (non-hydrogen) atoms. The molecule has 4 nitrogen and oxygen atoms in total. The number of carbonyl (C=O) groups is 1. The molecular formula is C14H18O4. The largest absolute Gasteiger partial charge is 0.489 e. The Morgan fingerprint density at radius 3 is 2.56 bits per heavy atom. The smallest absolute Gasteiger partial charge is 0.328 e. The van der Waals surface area contributed by atoms with E-state index in [1.165, 1.54) is 5.56 Å². The molecule has 0 radical (unpaired) electrons. The Morgan fingerprint density at radius 2 is 2.00 bits per heavy atom. The van der Waals surface area contributed by atoms with E-state index in [2.05, 4.69) is 0 Å². The SMILES string of the molecule is COCCc1ccc(OCC(C)=CC(=O)O)cc1. The maximum atomic E-state index is 10.4. The van der Waals surface area contributed by atoms with Crippen molar-refractivity contribution in [3.8, 4) is 5.75 Å². The van der Waals surface area contributed by atoms with E-state index in [1.807, 2.05) is 24.3 Å². The second-order valence-corrected chi connectivity index (χ2v) is 4.00. The molecule has 0 saturated heterocycles. The van der Waals surface area contributed by atoms with Crippen LogP contribution < -0.4 is 4.74 Å². The fraction of sp³-hybridized carbons (Fsp3) is 0.357. The molecule has 4 heteroatoms. The third-order valence-electron chi connectivity index (χ3n) is 2.35. The summed E-state index contributed by atoms with van der Waals surface area (Å²) < 4.78 is 10.5. The normalized spacial score (nSPS) is 11.3. The van der Waals surface area contributed by atoms with Gasteiger partial charge >= 0.3 is 5.97 Å². The number of carboxylic acids is 1. The molecule has 1 N–H and O–H groups in total. The highest BCUT2D eigenvalue weighted by atomic mass is 16.5. The summed E-state index contributed by atoms with van der Waals surface area (Å²) in [6, 6.07) is 7.70. The van der Waals surface area contributed by atoms with Crippen LogP contribution in [0.4, 0.5) is 0 Å². The Morgan fingerprint density at radius 1 is 1.33 bits per heavy atom. The maximum absolute atomic E-state index is 10.4. The van der Waals surface area contributed by atoms with Crippen LogP contribution in [0.1, 0.15) is 12.5 Å². The first-order chi connectivity index (χ1) is 8.61. The van der Waals surface area contributed by atoms with Crippen LogP contribution in [-0.4, -0.2) is 31.4 Å². The summed E-state index contributed by atoms with van der Waals surface area (Å²) in [6.07, 6.45) is 2.02. The first-order valence-corrected chi connectivity index (χ1v) is 5.72. The van der Waals surface area contributed by atoms with Gasteiger partial charge in [0.25, 0.3) is 0 Å². The molecule has 0 aromatic heterocycles. The van der Waals surface area contributed by atoms with Crippen molar-refractivity contribution < 1.29 is 19.4 Å². The Balaban J connectivity index is 2.46. The van der Waals surface area contributed by atoms with Gasteiger partial charge in [-0.15, -0.1) is 0 Å². The minimum absolute atomic E-state index is 0.281. The van der Waals surface area contributed by atoms with E-state index in [9.17, 15) is 4.79 Å². The highest BCUT2D eigenvalue weighted by Crippen LogP contribution is 2.13. The number of methoxy groups -OCH3 is 1. The molecule has 0 unspecified atom stereocenters. The molecule has 0 fully saturated rings. The molecule has 0 bridgehead atoms. The van der Waals surface area contributed by atoms with Crippen LogP contribution in [0, 0.1) is 0 Å². The van der Waals surface area contributed by atoms with Crippen LogP contribution in [0.2, 0.25) is 0 Å². The first-order valence-electron chi connectivity index (χ1n) is 5.72. The van der Waals surface area contributed by atoms with Gasteiger partial charge in [-0.2, -0.15) is 0 Å². The highest BCUT2D eigenvalue weighted by molar-refractivity contribution is 5.80. The minimum atomic E-state index is -0.953. The molecule has 0 spiro atoms. The van der Waals surface area contributed by atoms with Crippen molar-refractivity contribution in [2.75, 3.05) is 20.3 Å². The molecule has 1 aromatic carbocycles. The van der Waals surface area contributed by atoms with E-state index in [1.54, 1.807) is 14.0 Å². The summed E-state index contributed by atoms with van der Waals surface area (Å²) in [7, 11) is 1.68. The highest BCUT2D eigenvalue weighted by Gasteiger charge is 1.98. The van der Waals surface area contributed by atoms with Crippen LogP contribution >= 0.6 is 0 Å². The monoisotopic (exact) mass is 250 g/mol. The van der Waals surface area contributed by atoms with Crippen molar-refractivity contribution in [1.82, 2.24) is 0 Å². The number of hydrogen-bond acceptors (Lipinski definition) is 3. The lowest BCUT2D eigenvalue weighted by molar-refractivity contribution is -0.131. The average Bonchev–Trinajstić information content (AvgIpc) is 2.34. The lowest BCUT2D eigenvalue weighted by Gasteiger charge is -2.07. The average molecular weight is 250 g/mol. The molecule has 0 heterocycles. The lowest BCUT2D eigenvalue weighted by Crippen LogP contribution is -2.01. The van der Waals surface area contributed by atoms with E-state index in [0.717, 1.165) is 18.2 Å². The fourth-order valence-electron chi connectivity index (χ4n) is 1.42. The van der Waals surface area contributed by atoms with E-state index in [0.29, 0.717) is 12.2 Å². The number of hydrogen-bond donors (Lipinski definition) is 1. The Bertz CT molecular complexity index is 406. The van der Waals surface area contributed by atoms with E-state index in [-0.39, 0.29) is 6.61 Å². The number of rotatable bonds is 7. The second-order valence-electron chi connectivity index (χ2n) is 4.00. The summed E-state index contributed by atoms with van der Waals surface area (Å²) in [5.74, 6) is -0.222. The number of ether oxygens (including phenoxy) is 2. The summed E-state index contributed by atoms with van der Waals surface area (Å²) in [5, 5.41) is 8.56. The molecule has 0 amide bonds. The van der Waals surface area contributed by atoms with Gasteiger partial charge in [0.15, 0.2) is 0 Å². The predicted octanol–water partition coefficient (Wildman–Crippen LogP) is 2.29. The van der Waals surface area contributed by atoms with E-state index < -0.39 is 5.97 Å². The van der Waals surface area contributed by atoms with Gasteiger partial charge in [0.2, 0.25) is 0 Å². The quantitative estimate of drug-likeness (QED) is 0.754. The van der Waals surface area contributed by atoms with Gasteiger partial charge in [0, 0.05) is 13.2 Å². The molecule has 1 rings (SSSR count). The zero-order valence-corrected chi connectivity index (χ0v) is 10.7. The molecule has 0 aliphatic carbocycles. The van der Waals surface area contributed by atoms with Gasteiger partial charge in [-0.05, 0) is 36.6 Å². The predicted molar refractivity (Wildman–Crippen MR) is 68.9 cm³/mol. The van der Waals surface area contributed by atoms with Crippen molar-refractivity contribution in [2.45, 2.75) is 13.3 Å². The zero-order valence-electron chi connectivity index (χ0n) is 10.7. The standard InChI is InChI=1S/C14H18O4/c1-11(9-14(15)16)10-18-13-5-3-12(4-6-13)7-8-17-2/h3-6,9H,7-8,10H2,1-2H3,(H,15,16). The van der Waals surface area contributed by atoms with Gasteiger partial charge < -0.3 is 14.6 Å². The summed E-state index contributed by atoms with van der Waals surface area (Å²) in [4.78, 5) is 10.4.